The van der Waals surface area contributed by atoms with Gasteiger partial charge in [-0.1, -0.05) is 6.07 Å². The summed E-state index contributed by atoms with van der Waals surface area (Å²) in [5, 5.41) is 0. The Morgan fingerprint density at radius 2 is 1.90 bits per heavy atom. The smallest absolute Gasteiger partial charge is 0.308 e. The third-order valence-corrected chi connectivity index (χ3v) is 3.73. The molecule has 0 radical (unpaired) electrons. The van der Waals surface area contributed by atoms with Gasteiger partial charge in [0.15, 0.2) is 0 Å². The number of esters is 1. The van der Waals surface area contributed by atoms with Gasteiger partial charge < -0.3 is 14.4 Å². The standard InChI is InChI=1S/C15H18FNO4/c1-20-12-5-3-4-11(16)13(12)14(18)17-8-6-10(7-9-17)15(19)21-2/h3-5,10H,6-9H2,1-2H3. The molecule has 0 unspecified atom stereocenters. The van der Waals surface area contributed by atoms with Gasteiger partial charge in [-0.15, -0.1) is 0 Å². The van der Waals surface area contributed by atoms with Crippen LogP contribution in [0.3, 0.4) is 0 Å². The average Bonchev–Trinajstić information content (AvgIpc) is 2.53. The number of carbonyl (C=O) groups excluding carboxylic acids is 2. The molecule has 6 heteroatoms. The van der Waals surface area contributed by atoms with E-state index >= 15 is 0 Å². The second-order valence-electron chi connectivity index (χ2n) is 4.91. The fraction of sp³-hybridized carbons (Fsp3) is 0.467. The Hall–Kier alpha value is -2.11. The number of likely N-dealkylation sites (tertiary alicyclic amines) is 1. The largest absolute Gasteiger partial charge is 0.496 e. The van der Waals surface area contributed by atoms with Crippen LogP contribution in [0.25, 0.3) is 0 Å². The van der Waals surface area contributed by atoms with Crippen LogP contribution in [0.4, 0.5) is 4.39 Å². The predicted molar refractivity (Wildman–Crippen MR) is 73.6 cm³/mol. The third-order valence-electron chi connectivity index (χ3n) is 3.73. The molecule has 1 aromatic carbocycles. The van der Waals surface area contributed by atoms with E-state index in [1.165, 1.54) is 26.4 Å². The third kappa shape index (κ3) is 3.15. The van der Waals surface area contributed by atoms with Crippen molar-refractivity contribution in [2.45, 2.75) is 12.8 Å². The van der Waals surface area contributed by atoms with Crippen LogP contribution in [0, 0.1) is 11.7 Å². The van der Waals surface area contributed by atoms with E-state index in [9.17, 15) is 14.0 Å². The first-order chi connectivity index (χ1) is 10.1. The molecule has 2 rings (SSSR count). The SMILES string of the molecule is COC(=O)C1CCN(C(=O)c2c(F)cccc2OC)CC1. The highest BCUT2D eigenvalue weighted by Crippen LogP contribution is 2.26. The maximum absolute atomic E-state index is 13.9. The summed E-state index contributed by atoms with van der Waals surface area (Å²) in [6, 6.07) is 4.28. The van der Waals surface area contributed by atoms with Crippen molar-refractivity contribution in [1.29, 1.82) is 0 Å². The van der Waals surface area contributed by atoms with Gasteiger partial charge in [-0.2, -0.15) is 0 Å². The van der Waals surface area contributed by atoms with Crippen LogP contribution in [0.5, 0.6) is 5.75 Å². The lowest BCUT2D eigenvalue weighted by Crippen LogP contribution is -2.41. The number of carbonyl (C=O) groups is 2. The van der Waals surface area contributed by atoms with Gasteiger partial charge in [0, 0.05) is 13.1 Å². The first kappa shape index (κ1) is 15.3. The lowest BCUT2D eigenvalue weighted by molar-refractivity contribution is -0.146. The van der Waals surface area contributed by atoms with Crippen LogP contribution in [-0.4, -0.2) is 44.1 Å². The molecule has 0 aliphatic carbocycles. The molecule has 0 aromatic heterocycles. The minimum absolute atomic E-state index is 0.0588. The van der Waals surface area contributed by atoms with E-state index in [1.807, 2.05) is 0 Å². The molecule has 1 aliphatic rings. The van der Waals surface area contributed by atoms with Crippen molar-refractivity contribution in [1.82, 2.24) is 4.90 Å². The Morgan fingerprint density at radius 3 is 2.48 bits per heavy atom. The summed E-state index contributed by atoms with van der Waals surface area (Å²) in [5.41, 5.74) is -0.0588. The Balaban J connectivity index is 2.11. The Morgan fingerprint density at radius 1 is 1.24 bits per heavy atom. The van der Waals surface area contributed by atoms with Crippen LogP contribution < -0.4 is 4.74 Å². The van der Waals surface area contributed by atoms with Gasteiger partial charge in [0.25, 0.3) is 5.91 Å². The molecule has 0 N–H and O–H groups in total. The van der Waals surface area contributed by atoms with Gasteiger partial charge in [0.05, 0.1) is 20.1 Å². The fourth-order valence-electron chi connectivity index (χ4n) is 2.53. The van der Waals surface area contributed by atoms with Gasteiger partial charge in [0.1, 0.15) is 17.1 Å². The molecule has 1 aromatic rings. The van der Waals surface area contributed by atoms with E-state index in [0.717, 1.165) is 0 Å². The minimum atomic E-state index is -0.602. The molecule has 1 amide bonds. The summed E-state index contributed by atoms with van der Waals surface area (Å²) < 4.78 is 23.7. The van der Waals surface area contributed by atoms with Gasteiger partial charge in [-0.05, 0) is 25.0 Å². The summed E-state index contributed by atoms with van der Waals surface area (Å²) >= 11 is 0. The number of amides is 1. The zero-order valence-electron chi connectivity index (χ0n) is 12.1. The second-order valence-corrected chi connectivity index (χ2v) is 4.91. The van der Waals surface area contributed by atoms with Gasteiger partial charge >= 0.3 is 5.97 Å². The molecule has 5 nitrogen and oxygen atoms in total. The highest BCUT2D eigenvalue weighted by molar-refractivity contribution is 5.97. The van der Waals surface area contributed by atoms with Crippen molar-refractivity contribution < 1.29 is 23.5 Å². The highest BCUT2D eigenvalue weighted by Gasteiger charge is 2.30. The number of piperidine rings is 1. The molecular weight excluding hydrogens is 277 g/mol. The van der Waals surface area contributed by atoms with E-state index < -0.39 is 11.7 Å². The molecular formula is C15H18FNO4. The van der Waals surface area contributed by atoms with E-state index in [1.54, 1.807) is 11.0 Å². The first-order valence-electron chi connectivity index (χ1n) is 6.78. The number of hydrogen-bond acceptors (Lipinski definition) is 4. The van der Waals surface area contributed by atoms with Crippen molar-refractivity contribution in [2.75, 3.05) is 27.3 Å². The van der Waals surface area contributed by atoms with E-state index in [0.29, 0.717) is 25.9 Å². The van der Waals surface area contributed by atoms with Gasteiger partial charge in [-0.3, -0.25) is 9.59 Å². The van der Waals surface area contributed by atoms with Gasteiger partial charge in [-0.25, -0.2) is 4.39 Å². The number of benzene rings is 1. The monoisotopic (exact) mass is 295 g/mol. The normalized spacial score (nSPS) is 15.7. The first-order valence-corrected chi connectivity index (χ1v) is 6.78. The molecule has 0 bridgehead atoms. The maximum atomic E-state index is 13.9. The molecule has 114 valence electrons. The lowest BCUT2D eigenvalue weighted by atomic mass is 9.96. The minimum Gasteiger partial charge on any atom is -0.496 e. The van der Waals surface area contributed by atoms with Crippen LogP contribution in [0.1, 0.15) is 23.2 Å². The quantitative estimate of drug-likeness (QED) is 0.799. The van der Waals surface area contributed by atoms with Crippen molar-refractivity contribution in [3.8, 4) is 5.75 Å². The maximum Gasteiger partial charge on any atom is 0.308 e. The summed E-state index contributed by atoms with van der Waals surface area (Å²) in [6.45, 7) is 0.798. The van der Waals surface area contributed by atoms with E-state index in [-0.39, 0.29) is 23.2 Å². The van der Waals surface area contributed by atoms with Crippen molar-refractivity contribution in [2.24, 2.45) is 5.92 Å². The second kappa shape index (κ2) is 6.56. The van der Waals surface area contributed by atoms with Crippen LogP contribution in [0.15, 0.2) is 18.2 Å². The van der Waals surface area contributed by atoms with Crippen molar-refractivity contribution >= 4 is 11.9 Å². The Labute approximate surface area is 122 Å². The molecule has 0 atom stereocenters. The number of methoxy groups -OCH3 is 2. The number of ether oxygens (including phenoxy) is 2. The zero-order valence-corrected chi connectivity index (χ0v) is 12.1. The molecule has 1 heterocycles. The topological polar surface area (TPSA) is 55.8 Å². The molecule has 21 heavy (non-hydrogen) atoms. The number of halogens is 1. The van der Waals surface area contributed by atoms with Crippen LogP contribution in [0.2, 0.25) is 0 Å². The van der Waals surface area contributed by atoms with E-state index in [4.69, 9.17) is 9.47 Å². The average molecular weight is 295 g/mol. The molecule has 1 saturated heterocycles. The summed E-state index contributed by atoms with van der Waals surface area (Å²) in [4.78, 5) is 25.4. The van der Waals surface area contributed by atoms with Gasteiger partial charge in [0.2, 0.25) is 0 Å². The Bertz CT molecular complexity index is 538. The Kier molecular flexibility index (Phi) is 4.77. The molecule has 0 saturated carbocycles. The van der Waals surface area contributed by atoms with Crippen molar-refractivity contribution in [3.05, 3.63) is 29.6 Å². The number of hydrogen-bond donors (Lipinski definition) is 0. The van der Waals surface area contributed by atoms with Crippen LogP contribution >= 0.6 is 0 Å². The zero-order chi connectivity index (χ0) is 15.4. The summed E-state index contributed by atoms with van der Waals surface area (Å²) in [5.74, 6) is -1.25. The highest BCUT2D eigenvalue weighted by atomic mass is 19.1. The number of rotatable bonds is 3. The van der Waals surface area contributed by atoms with E-state index in [2.05, 4.69) is 0 Å². The fourth-order valence-corrected chi connectivity index (χ4v) is 2.53. The molecule has 1 aliphatic heterocycles. The predicted octanol–water partition coefficient (Wildman–Crippen LogP) is 1.86. The number of nitrogens with zero attached hydrogens (tertiary/aromatic N) is 1. The molecule has 0 spiro atoms. The summed E-state index contributed by atoms with van der Waals surface area (Å²) in [6.07, 6.45) is 1.05. The molecule has 1 fully saturated rings. The lowest BCUT2D eigenvalue weighted by Gasteiger charge is -2.31. The van der Waals surface area contributed by atoms with Crippen molar-refractivity contribution in [3.63, 3.8) is 0 Å². The van der Waals surface area contributed by atoms with Crippen LogP contribution in [-0.2, 0) is 9.53 Å². The summed E-state index contributed by atoms with van der Waals surface area (Å²) in [7, 11) is 2.75.